The van der Waals surface area contributed by atoms with Crippen molar-refractivity contribution < 1.29 is 19.9 Å². The van der Waals surface area contributed by atoms with E-state index in [0.717, 1.165) is 22.3 Å². The smallest absolute Gasteiger partial charge is 0.279 e. The number of pyridine rings is 2. The van der Waals surface area contributed by atoms with Crippen molar-refractivity contribution in [2.24, 2.45) is 5.16 Å². The van der Waals surface area contributed by atoms with E-state index >= 15 is 0 Å². The first-order chi connectivity index (χ1) is 15.2. The van der Waals surface area contributed by atoms with Gasteiger partial charge in [-0.1, -0.05) is 53.7 Å². The molecule has 0 atom stereocenters. The normalized spacial score (nSPS) is 11.0. The van der Waals surface area contributed by atoms with E-state index in [9.17, 15) is 10.0 Å². The van der Waals surface area contributed by atoms with E-state index in [4.69, 9.17) is 9.94 Å². The molecule has 0 radical (unpaired) electrons. The maximum atomic E-state index is 12.4. The molecule has 0 fully saturated rings. The topological polar surface area (TPSA) is 117 Å². The van der Waals surface area contributed by atoms with E-state index in [0.29, 0.717) is 16.6 Å². The third-order valence-corrected chi connectivity index (χ3v) is 4.88. The monoisotopic (exact) mass is 414 g/mol. The van der Waals surface area contributed by atoms with Gasteiger partial charge in [-0.3, -0.25) is 15.0 Å². The Hall–Kier alpha value is -4.30. The SMILES string of the molecule is COc1c(-c2ccc(-c3ccc(/C=N/O)cc3)cc2)nc2ccncc2c1C(=O)NO. The molecule has 0 aliphatic heterocycles. The van der Waals surface area contributed by atoms with Crippen molar-refractivity contribution >= 4 is 23.0 Å². The van der Waals surface area contributed by atoms with Crippen molar-refractivity contribution in [3.8, 4) is 28.1 Å². The van der Waals surface area contributed by atoms with Gasteiger partial charge < -0.3 is 9.94 Å². The van der Waals surface area contributed by atoms with Crippen LogP contribution in [-0.2, 0) is 0 Å². The number of hydrogen-bond acceptors (Lipinski definition) is 7. The lowest BCUT2D eigenvalue weighted by Crippen LogP contribution is -2.20. The molecule has 0 bridgehead atoms. The van der Waals surface area contributed by atoms with Crippen LogP contribution in [0.15, 0.2) is 72.1 Å². The molecule has 31 heavy (non-hydrogen) atoms. The average molecular weight is 414 g/mol. The van der Waals surface area contributed by atoms with Crippen LogP contribution in [0.2, 0.25) is 0 Å². The van der Waals surface area contributed by atoms with Crippen molar-refractivity contribution in [3.63, 3.8) is 0 Å². The van der Waals surface area contributed by atoms with Gasteiger partial charge in [-0.2, -0.15) is 0 Å². The Morgan fingerprint density at radius 2 is 1.68 bits per heavy atom. The Morgan fingerprint density at radius 1 is 1.03 bits per heavy atom. The van der Waals surface area contributed by atoms with Gasteiger partial charge in [0, 0.05) is 23.3 Å². The van der Waals surface area contributed by atoms with Crippen LogP contribution in [0.25, 0.3) is 33.3 Å². The Kier molecular flexibility index (Phi) is 5.55. The summed E-state index contributed by atoms with van der Waals surface area (Å²) < 4.78 is 5.52. The van der Waals surface area contributed by atoms with E-state index in [2.05, 4.69) is 15.1 Å². The number of carbonyl (C=O) groups excluding carboxylic acids is 1. The van der Waals surface area contributed by atoms with Crippen LogP contribution in [0.4, 0.5) is 0 Å². The Labute approximate surface area is 177 Å². The van der Waals surface area contributed by atoms with E-state index in [1.54, 1.807) is 17.7 Å². The van der Waals surface area contributed by atoms with Crippen LogP contribution in [0.3, 0.4) is 0 Å². The summed E-state index contributed by atoms with van der Waals surface area (Å²) in [7, 11) is 1.45. The van der Waals surface area contributed by atoms with Crippen LogP contribution < -0.4 is 10.2 Å². The highest BCUT2D eigenvalue weighted by atomic mass is 16.5. The number of benzene rings is 2. The molecule has 1 amide bonds. The molecule has 2 aromatic carbocycles. The first kappa shape index (κ1) is 20.0. The molecule has 0 aliphatic rings. The maximum Gasteiger partial charge on any atom is 0.279 e. The molecule has 0 saturated heterocycles. The van der Waals surface area contributed by atoms with Gasteiger partial charge in [0.05, 0.1) is 24.4 Å². The minimum absolute atomic E-state index is 0.156. The van der Waals surface area contributed by atoms with Gasteiger partial charge in [0.15, 0.2) is 5.75 Å². The minimum atomic E-state index is -0.707. The van der Waals surface area contributed by atoms with Gasteiger partial charge in [-0.25, -0.2) is 10.5 Å². The molecule has 8 nitrogen and oxygen atoms in total. The van der Waals surface area contributed by atoms with E-state index < -0.39 is 5.91 Å². The second-order valence-electron chi connectivity index (χ2n) is 6.65. The largest absolute Gasteiger partial charge is 0.494 e. The molecule has 2 heterocycles. The third-order valence-electron chi connectivity index (χ3n) is 4.88. The number of nitrogens with one attached hydrogen (secondary N) is 1. The van der Waals surface area contributed by atoms with Crippen LogP contribution in [0.1, 0.15) is 15.9 Å². The molecule has 154 valence electrons. The molecule has 8 heteroatoms. The minimum Gasteiger partial charge on any atom is -0.494 e. The fourth-order valence-corrected chi connectivity index (χ4v) is 3.41. The van der Waals surface area contributed by atoms with Crippen molar-refractivity contribution in [2.75, 3.05) is 7.11 Å². The number of hydroxylamine groups is 1. The summed E-state index contributed by atoms with van der Waals surface area (Å²) in [5, 5.41) is 21.4. The lowest BCUT2D eigenvalue weighted by molar-refractivity contribution is 0.0705. The Bertz CT molecular complexity index is 1270. The predicted molar refractivity (Wildman–Crippen MR) is 116 cm³/mol. The standard InChI is InChI=1S/C23H18N4O4/c1-31-22-20(23(28)27-30)18-13-24-11-10-19(18)26-21(22)17-8-6-16(7-9-17)15-4-2-14(3-5-15)12-25-29/h2-13,29-30H,1H3,(H,27,28)/b25-12+. The highest BCUT2D eigenvalue weighted by Crippen LogP contribution is 2.36. The van der Waals surface area contributed by atoms with Gasteiger partial charge in [0.25, 0.3) is 5.91 Å². The van der Waals surface area contributed by atoms with Crippen LogP contribution in [0.5, 0.6) is 5.75 Å². The maximum absolute atomic E-state index is 12.4. The molecular weight excluding hydrogens is 396 g/mol. The zero-order valence-corrected chi connectivity index (χ0v) is 16.5. The molecule has 2 aromatic heterocycles. The number of methoxy groups -OCH3 is 1. The summed E-state index contributed by atoms with van der Waals surface area (Å²) in [5.74, 6) is -0.464. The van der Waals surface area contributed by atoms with Crippen molar-refractivity contribution in [1.29, 1.82) is 0 Å². The number of oxime groups is 1. The van der Waals surface area contributed by atoms with E-state index in [1.807, 2.05) is 48.5 Å². The Morgan fingerprint density at radius 3 is 2.29 bits per heavy atom. The van der Waals surface area contributed by atoms with Gasteiger partial charge in [0.1, 0.15) is 5.69 Å². The van der Waals surface area contributed by atoms with Crippen LogP contribution in [0, 0.1) is 0 Å². The summed E-state index contributed by atoms with van der Waals surface area (Å²) in [6.07, 6.45) is 4.45. The number of ether oxygens (including phenoxy) is 1. The predicted octanol–water partition coefficient (Wildman–Crippen LogP) is 3.90. The summed E-state index contributed by atoms with van der Waals surface area (Å²) in [5.41, 5.74) is 6.36. The number of aromatic nitrogens is 2. The fraction of sp³-hybridized carbons (Fsp3) is 0.0435. The highest BCUT2D eigenvalue weighted by molar-refractivity contribution is 6.09. The molecule has 0 saturated carbocycles. The molecule has 0 aliphatic carbocycles. The number of rotatable bonds is 5. The number of nitrogens with zero attached hydrogens (tertiary/aromatic N) is 3. The highest BCUT2D eigenvalue weighted by Gasteiger charge is 2.22. The summed E-state index contributed by atoms with van der Waals surface area (Å²) in [6.45, 7) is 0. The second kappa shape index (κ2) is 8.60. The molecule has 0 unspecified atom stereocenters. The average Bonchev–Trinajstić information content (AvgIpc) is 2.83. The zero-order valence-electron chi connectivity index (χ0n) is 16.5. The van der Waals surface area contributed by atoms with Gasteiger partial charge >= 0.3 is 0 Å². The number of amides is 1. The quantitative estimate of drug-likeness (QED) is 0.197. The van der Waals surface area contributed by atoms with E-state index in [1.165, 1.54) is 19.5 Å². The van der Waals surface area contributed by atoms with Crippen LogP contribution >= 0.6 is 0 Å². The number of hydrogen-bond donors (Lipinski definition) is 3. The van der Waals surface area contributed by atoms with Crippen LogP contribution in [-0.4, -0.2) is 39.6 Å². The molecule has 0 spiro atoms. The molecule has 3 N–H and O–H groups in total. The first-order valence-corrected chi connectivity index (χ1v) is 9.30. The third kappa shape index (κ3) is 3.79. The second-order valence-corrected chi connectivity index (χ2v) is 6.65. The van der Waals surface area contributed by atoms with Gasteiger partial charge in [-0.05, 0) is 22.8 Å². The first-order valence-electron chi connectivity index (χ1n) is 9.30. The summed E-state index contributed by atoms with van der Waals surface area (Å²) in [6, 6.07) is 16.9. The van der Waals surface area contributed by atoms with Crippen molar-refractivity contribution in [1.82, 2.24) is 15.4 Å². The van der Waals surface area contributed by atoms with Crippen molar-refractivity contribution in [3.05, 3.63) is 78.1 Å². The number of carbonyl (C=O) groups is 1. The van der Waals surface area contributed by atoms with E-state index in [-0.39, 0.29) is 11.3 Å². The molecular formula is C23H18N4O4. The zero-order chi connectivity index (χ0) is 21.8. The fourth-order valence-electron chi connectivity index (χ4n) is 3.41. The Balaban J connectivity index is 1.80. The van der Waals surface area contributed by atoms with Gasteiger partial charge in [-0.15, -0.1) is 0 Å². The number of fused-ring (bicyclic) bond motifs is 1. The lowest BCUT2D eigenvalue weighted by atomic mass is 9.99. The summed E-state index contributed by atoms with van der Waals surface area (Å²) in [4.78, 5) is 21.1. The molecule has 4 rings (SSSR count). The lowest BCUT2D eigenvalue weighted by Gasteiger charge is -2.15. The van der Waals surface area contributed by atoms with Crippen molar-refractivity contribution in [2.45, 2.75) is 0 Å². The van der Waals surface area contributed by atoms with Gasteiger partial charge in [0.2, 0.25) is 0 Å². The molecule has 4 aromatic rings. The summed E-state index contributed by atoms with van der Waals surface area (Å²) >= 11 is 0.